The van der Waals surface area contributed by atoms with E-state index in [1.54, 1.807) is 0 Å². The number of nitrogens with one attached hydrogen (secondary N) is 1. The SMILES string of the molecule is CCCCCCCCNc1cc(C(N)=S)cc(C)n1. The molecule has 0 atom stereocenters. The Labute approximate surface area is 122 Å². The van der Waals surface area contributed by atoms with Gasteiger partial charge in [-0.15, -0.1) is 0 Å². The number of hydrogen-bond acceptors (Lipinski definition) is 3. The second-order valence-corrected chi connectivity index (χ2v) is 5.38. The number of anilines is 1. The first kappa shape index (κ1) is 15.9. The van der Waals surface area contributed by atoms with Crippen molar-refractivity contribution in [3.63, 3.8) is 0 Å². The van der Waals surface area contributed by atoms with Crippen LogP contribution >= 0.6 is 12.2 Å². The number of nitrogens with two attached hydrogens (primary N) is 1. The Kier molecular flexibility index (Phi) is 7.41. The van der Waals surface area contributed by atoms with E-state index in [0.29, 0.717) is 4.99 Å². The molecule has 0 bridgehead atoms. The molecule has 1 rings (SSSR count). The molecule has 0 aliphatic heterocycles. The fraction of sp³-hybridized carbons (Fsp3) is 0.600. The lowest BCUT2D eigenvalue weighted by Crippen LogP contribution is -2.12. The number of nitrogens with zero attached hydrogens (tertiary/aromatic N) is 1. The first-order chi connectivity index (χ1) is 9.13. The van der Waals surface area contributed by atoms with Crippen molar-refractivity contribution in [3.05, 3.63) is 23.4 Å². The van der Waals surface area contributed by atoms with Crippen LogP contribution in [0.4, 0.5) is 5.82 Å². The van der Waals surface area contributed by atoms with Crippen molar-refractivity contribution in [3.8, 4) is 0 Å². The highest BCUT2D eigenvalue weighted by Gasteiger charge is 2.02. The van der Waals surface area contributed by atoms with Crippen LogP contribution in [0.25, 0.3) is 0 Å². The summed E-state index contributed by atoms with van der Waals surface area (Å²) in [5, 5.41) is 3.35. The molecular weight excluding hydrogens is 254 g/mol. The van der Waals surface area contributed by atoms with Gasteiger partial charge in [-0.3, -0.25) is 0 Å². The van der Waals surface area contributed by atoms with Gasteiger partial charge in [-0.2, -0.15) is 0 Å². The molecule has 4 heteroatoms. The molecule has 0 unspecified atom stereocenters. The summed E-state index contributed by atoms with van der Waals surface area (Å²) in [4.78, 5) is 4.86. The first-order valence-corrected chi connectivity index (χ1v) is 7.56. The van der Waals surface area contributed by atoms with Gasteiger partial charge in [0, 0.05) is 17.8 Å². The fourth-order valence-corrected chi connectivity index (χ4v) is 2.14. The summed E-state index contributed by atoms with van der Waals surface area (Å²) in [6.45, 7) is 5.15. The van der Waals surface area contributed by atoms with Crippen molar-refractivity contribution < 1.29 is 0 Å². The van der Waals surface area contributed by atoms with E-state index >= 15 is 0 Å². The Morgan fingerprint density at radius 1 is 1.21 bits per heavy atom. The summed E-state index contributed by atoms with van der Waals surface area (Å²) in [7, 11) is 0. The quantitative estimate of drug-likeness (QED) is 0.533. The minimum atomic E-state index is 0.424. The van der Waals surface area contributed by atoms with Crippen LogP contribution in [0, 0.1) is 6.92 Å². The van der Waals surface area contributed by atoms with Crippen LogP contribution in [0.3, 0.4) is 0 Å². The van der Waals surface area contributed by atoms with Gasteiger partial charge in [0.1, 0.15) is 10.8 Å². The monoisotopic (exact) mass is 279 g/mol. The highest BCUT2D eigenvalue weighted by atomic mass is 32.1. The molecule has 3 N–H and O–H groups in total. The van der Waals surface area contributed by atoms with E-state index in [4.69, 9.17) is 18.0 Å². The van der Waals surface area contributed by atoms with Gasteiger partial charge in [-0.25, -0.2) is 4.98 Å². The van der Waals surface area contributed by atoms with E-state index in [1.807, 2.05) is 19.1 Å². The van der Waals surface area contributed by atoms with Gasteiger partial charge in [-0.1, -0.05) is 51.2 Å². The molecule has 0 saturated carbocycles. The Balaban J connectivity index is 2.31. The smallest absolute Gasteiger partial charge is 0.126 e. The molecule has 0 amide bonds. The van der Waals surface area contributed by atoms with E-state index in [1.165, 1.54) is 38.5 Å². The van der Waals surface area contributed by atoms with Gasteiger partial charge in [0.15, 0.2) is 0 Å². The topological polar surface area (TPSA) is 50.9 Å². The summed E-state index contributed by atoms with van der Waals surface area (Å²) in [5.74, 6) is 0.872. The molecule has 0 saturated heterocycles. The molecule has 0 radical (unpaired) electrons. The maximum Gasteiger partial charge on any atom is 0.126 e. The third kappa shape index (κ3) is 6.53. The predicted molar refractivity (Wildman–Crippen MR) is 86.7 cm³/mol. The van der Waals surface area contributed by atoms with E-state index in [9.17, 15) is 0 Å². The summed E-state index contributed by atoms with van der Waals surface area (Å²) in [6.07, 6.45) is 7.79. The van der Waals surface area contributed by atoms with Gasteiger partial charge >= 0.3 is 0 Å². The molecule has 0 fully saturated rings. The number of aromatic nitrogens is 1. The standard InChI is InChI=1S/C15H25N3S/c1-3-4-5-6-7-8-9-17-14-11-13(15(16)19)10-12(2)18-14/h10-11H,3-9H2,1-2H3,(H2,16,19)(H,17,18). The highest BCUT2D eigenvalue weighted by Crippen LogP contribution is 2.11. The van der Waals surface area contributed by atoms with Gasteiger partial charge in [0.25, 0.3) is 0 Å². The van der Waals surface area contributed by atoms with E-state index in [0.717, 1.165) is 23.6 Å². The second-order valence-electron chi connectivity index (χ2n) is 4.94. The number of hydrogen-bond donors (Lipinski definition) is 2. The predicted octanol–water partition coefficient (Wildman–Crippen LogP) is 3.80. The van der Waals surface area contributed by atoms with Crippen LogP contribution in [-0.4, -0.2) is 16.5 Å². The number of pyridine rings is 1. The van der Waals surface area contributed by atoms with Crippen LogP contribution in [0.1, 0.15) is 56.7 Å². The van der Waals surface area contributed by atoms with Gasteiger partial charge in [0.2, 0.25) is 0 Å². The van der Waals surface area contributed by atoms with Crippen LogP contribution < -0.4 is 11.1 Å². The van der Waals surface area contributed by atoms with Crippen LogP contribution in [0.15, 0.2) is 12.1 Å². The fourth-order valence-electron chi connectivity index (χ4n) is 2.02. The second kappa shape index (κ2) is 8.86. The average Bonchev–Trinajstić information content (AvgIpc) is 2.37. The van der Waals surface area contributed by atoms with E-state index in [-0.39, 0.29) is 0 Å². The maximum atomic E-state index is 5.65. The molecule has 106 valence electrons. The molecule has 19 heavy (non-hydrogen) atoms. The largest absolute Gasteiger partial charge is 0.389 e. The van der Waals surface area contributed by atoms with E-state index in [2.05, 4.69) is 17.2 Å². The molecule has 1 aromatic rings. The van der Waals surface area contributed by atoms with Crippen molar-refractivity contribution in [1.82, 2.24) is 4.98 Å². The van der Waals surface area contributed by atoms with Gasteiger partial charge in [0.05, 0.1) is 0 Å². The molecule has 1 aromatic heterocycles. The summed E-state index contributed by atoms with van der Waals surface area (Å²) in [5.41, 5.74) is 7.47. The summed E-state index contributed by atoms with van der Waals surface area (Å²) < 4.78 is 0. The Bertz CT molecular complexity index is 404. The van der Waals surface area contributed by atoms with Crippen molar-refractivity contribution in [2.24, 2.45) is 5.73 Å². The maximum absolute atomic E-state index is 5.65. The lowest BCUT2D eigenvalue weighted by Gasteiger charge is -2.08. The minimum absolute atomic E-state index is 0.424. The zero-order valence-corrected chi connectivity index (χ0v) is 12.9. The molecule has 0 spiro atoms. The zero-order chi connectivity index (χ0) is 14.1. The van der Waals surface area contributed by atoms with Crippen molar-refractivity contribution >= 4 is 23.0 Å². The normalized spacial score (nSPS) is 10.4. The number of rotatable bonds is 9. The molecule has 0 aromatic carbocycles. The average molecular weight is 279 g/mol. The number of thiocarbonyl (C=S) groups is 1. The molecule has 0 aliphatic rings. The number of unbranched alkanes of at least 4 members (excludes halogenated alkanes) is 5. The molecule has 3 nitrogen and oxygen atoms in total. The molecular formula is C15H25N3S. The summed E-state index contributed by atoms with van der Waals surface area (Å²) >= 11 is 5.00. The third-order valence-corrected chi connectivity index (χ3v) is 3.31. The Morgan fingerprint density at radius 2 is 1.89 bits per heavy atom. The zero-order valence-electron chi connectivity index (χ0n) is 12.0. The van der Waals surface area contributed by atoms with Crippen molar-refractivity contribution in [2.75, 3.05) is 11.9 Å². The number of aryl methyl sites for hydroxylation is 1. The minimum Gasteiger partial charge on any atom is -0.389 e. The lowest BCUT2D eigenvalue weighted by atomic mass is 10.1. The van der Waals surface area contributed by atoms with Crippen molar-refractivity contribution in [2.45, 2.75) is 52.4 Å². The van der Waals surface area contributed by atoms with Crippen LogP contribution in [0.5, 0.6) is 0 Å². The van der Waals surface area contributed by atoms with Crippen LogP contribution in [-0.2, 0) is 0 Å². The van der Waals surface area contributed by atoms with E-state index < -0.39 is 0 Å². The third-order valence-electron chi connectivity index (χ3n) is 3.07. The Morgan fingerprint density at radius 3 is 2.58 bits per heavy atom. The van der Waals surface area contributed by atoms with Crippen molar-refractivity contribution in [1.29, 1.82) is 0 Å². The molecule has 1 heterocycles. The lowest BCUT2D eigenvalue weighted by molar-refractivity contribution is 0.617. The van der Waals surface area contributed by atoms with Crippen LogP contribution in [0.2, 0.25) is 0 Å². The van der Waals surface area contributed by atoms with Gasteiger partial charge < -0.3 is 11.1 Å². The summed E-state index contributed by atoms with van der Waals surface area (Å²) in [6, 6.07) is 3.84. The van der Waals surface area contributed by atoms with Gasteiger partial charge in [-0.05, 0) is 25.5 Å². The molecule has 0 aliphatic carbocycles. The highest BCUT2D eigenvalue weighted by molar-refractivity contribution is 7.80. The Hall–Kier alpha value is -1.16. The first-order valence-electron chi connectivity index (χ1n) is 7.16.